The van der Waals surface area contributed by atoms with E-state index in [9.17, 15) is 4.79 Å². The number of carbonyl (C=O) groups excluding carboxylic acids is 1. The van der Waals surface area contributed by atoms with Crippen LogP contribution in [0.1, 0.15) is 10.4 Å². The topological polar surface area (TPSA) is 17.1 Å². The summed E-state index contributed by atoms with van der Waals surface area (Å²) in [6, 6.07) is 10.3. The third kappa shape index (κ3) is 2.47. The molecule has 0 radical (unpaired) electrons. The van der Waals surface area contributed by atoms with Crippen LogP contribution < -0.4 is 0 Å². The molecule has 0 bridgehead atoms. The predicted molar refractivity (Wildman–Crippen MR) is 72.3 cm³/mol. The lowest BCUT2D eigenvalue weighted by Gasteiger charge is -2.09. The van der Waals surface area contributed by atoms with E-state index in [0.717, 1.165) is 6.29 Å². The van der Waals surface area contributed by atoms with Crippen molar-refractivity contribution in [3.63, 3.8) is 0 Å². The first-order valence-electron chi connectivity index (χ1n) is 4.82. The van der Waals surface area contributed by atoms with Gasteiger partial charge in [0.2, 0.25) is 0 Å². The van der Waals surface area contributed by atoms with Crippen molar-refractivity contribution in [3.8, 4) is 11.1 Å². The van der Waals surface area contributed by atoms with Gasteiger partial charge in [-0.2, -0.15) is 0 Å². The van der Waals surface area contributed by atoms with Crippen LogP contribution in [0, 0.1) is 0 Å². The van der Waals surface area contributed by atoms with E-state index >= 15 is 0 Å². The van der Waals surface area contributed by atoms with Gasteiger partial charge in [-0.25, -0.2) is 0 Å². The summed E-state index contributed by atoms with van der Waals surface area (Å²) in [6.07, 6.45) is 0.774. The summed E-state index contributed by atoms with van der Waals surface area (Å²) in [4.78, 5) is 11.0. The average molecular weight is 286 g/mol. The summed E-state index contributed by atoms with van der Waals surface area (Å²) in [6.45, 7) is 0. The molecule has 0 heterocycles. The van der Waals surface area contributed by atoms with Crippen molar-refractivity contribution in [3.05, 3.63) is 57.0 Å². The minimum Gasteiger partial charge on any atom is -0.298 e. The number of hydrogen-bond acceptors (Lipinski definition) is 1. The number of rotatable bonds is 2. The van der Waals surface area contributed by atoms with E-state index in [-0.39, 0.29) is 0 Å². The summed E-state index contributed by atoms with van der Waals surface area (Å²) < 4.78 is 0. The highest BCUT2D eigenvalue weighted by Crippen LogP contribution is 2.38. The van der Waals surface area contributed by atoms with E-state index in [1.807, 2.05) is 6.07 Å². The maximum absolute atomic E-state index is 11.0. The molecule has 0 aromatic heterocycles. The summed E-state index contributed by atoms with van der Waals surface area (Å²) in [5, 5.41) is 1.32. The van der Waals surface area contributed by atoms with Gasteiger partial charge in [0.25, 0.3) is 0 Å². The van der Waals surface area contributed by atoms with Gasteiger partial charge in [-0.05, 0) is 17.7 Å². The number of carbonyl (C=O) groups is 1. The molecule has 0 aliphatic rings. The smallest absolute Gasteiger partial charge is 0.150 e. The Morgan fingerprint density at radius 2 is 1.53 bits per heavy atom. The lowest BCUT2D eigenvalue weighted by Crippen LogP contribution is -1.89. The highest BCUT2D eigenvalue weighted by Gasteiger charge is 2.12. The highest BCUT2D eigenvalue weighted by atomic mass is 35.5. The molecule has 0 aliphatic carbocycles. The SMILES string of the molecule is O=Cc1ccccc1-c1c(Cl)cc(Cl)cc1Cl. The monoisotopic (exact) mass is 284 g/mol. The van der Waals surface area contributed by atoms with Gasteiger partial charge in [-0.3, -0.25) is 4.79 Å². The van der Waals surface area contributed by atoms with Crippen LogP contribution in [0.15, 0.2) is 36.4 Å². The molecule has 2 aromatic carbocycles. The maximum atomic E-state index is 11.0. The number of hydrogen-bond donors (Lipinski definition) is 0. The second-order valence-corrected chi connectivity index (χ2v) is 4.70. The zero-order valence-electron chi connectivity index (χ0n) is 8.58. The van der Waals surface area contributed by atoms with E-state index in [0.29, 0.717) is 31.8 Å². The molecule has 86 valence electrons. The molecule has 0 unspecified atom stereocenters. The Labute approximate surface area is 114 Å². The zero-order chi connectivity index (χ0) is 12.4. The molecular weight excluding hydrogens is 279 g/mol. The molecule has 0 amide bonds. The van der Waals surface area contributed by atoms with Crippen LogP contribution in [0.5, 0.6) is 0 Å². The highest BCUT2D eigenvalue weighted by molar-refractivity contribution is 6.42. The lowest BCUT2D eigenvalue weighted by atomic mass is 10.0. The first kappa shape index (κ1) is 12.4. The molecule has 4 heteroatoms. The van der Waals surface area contributed by atoms with Gasteiger partial charge in [0.15, 0.2) is 6.29 Å². The fourth-order valence-corrected chi connectivity index (χ4v) is 2.65. The van der Waals surface area contributed by atoms with Crippen molar-refractivity contribution < 1.29 is 4.79 Å². The summed E-state index contributed by atoms with van der Waals surface area (Å²) in [5.41, 5.74) is 1.87. The van der Waals surface area contributed by atoms with Crippen molar-refractivity contribution in [2.24, 2.45) is 0 Å². The molecular formula is C13H7Cl3O. The Morgan fingerprint density at radius 3 is 2.12 bits per heavy atom. The first-order valence-corrected chi connectivity index (χ1v) is 5.96. The van der Waals surface area contributed by atoms with E-state index in [4.69, 9.17) is 34.8 Å². The molecule has 0 saturated heterocycles. The fourth-order valence-electron chi connectivity index (χ4n) is 1.63. The first-order chi connectivity index (χ1) is 8.13. The Hall–Kier alpha value is -1.02. The van der Waals surface area contributed by atoms with Crippen molar-refractivity contribution in [1.29, 1.82) is 0 Å². The van der Waals surface area contributed by atoms with Crippen LogP contribution in [0.3, 0.4) is 0 Å². The van der Waals surface area contributed by atoms with Gasteiger partial charge >= 0.3 is 0 Å². The van der Waals surface area contributed by atoms with Crippen LogP contribution in [-0.2, 0) is 0 Å². The minimum atomic E-state index is 0.428. The molecule has 0 aliphatic heterocycles. The van der Waals surface area contributed by atoms with Gasteiger partial charge in [-0.1, -0.05) is 59.1 Å². The van der Waals surface area contributed by atoms with Gasteiger partial charge < -0.3 is 0 Å². The second kappa shape index (κ2) is 5.09. The van der Waals surface area contributed by atoms with Crippen LogP contribution in [0.25, 0.3) is 11.1 Å². The van der Waals surface area contributed by atoms with Crippen molar-refractivity contribution >= 4 is 41.1 Å². The quantitative estimate of drug-likeness (QED) is 0.699. The molecule has 0 atom stereocenters. The third-order valence-corrected chi connectivity index (χ3v) is 3.18. The largest absolute Gasteiger partial charge is 0.298 e. The Bertz CT molecular complexity index is 556. The van der Waals surface area contributed by atoms with Crippen molar-refractivity contribution in [1.82, 2.24) is 0 Å². The summed E-state index contributed by atoms with van der Waals surface area (Å²) in [5.74, 6) is 0. The fraction of sp³-hybridized carbons (Fsp3) is 0. The summed E-state index contributed by atoms with van der Waals surface area (Å²) in [7, 11) is 0. The number of halogens is 3. The predicted octanol–water partition coefficient (Wildman–Crippen LogP) is 5.13. The van der Waals surface area contributed by atoms with Crippen molar-refractivity contribution in [2.75, 3.05) is 0 Å². The van der Waals surface area contributed by atoms with Gasteiger partial charge in [0, 0.05) is 16.1 Å². The zero-order valence-corrected chi connectivity index (χ0v) is 10.9. The molecule has 0 saturated carbocycles. The van der Waals surface area contributed by atoms with Gasteiger partial charge in [-0.15, -0.1) is 0 Å². The third-order valence-electron chi connectivity index (χ3n) is 2.36. The normalized spacial score (nSPS) is 10.3. The second-order valence-electron chi connectivity index (χ2n) is 3.45. The van der Waals surface area contributed by atoms with E-state index in [2.05, 4.69) is 0 Å². The Balaban J connectivity index is 2.72. The standard InChI is InChI=1S/C13H7Cl3O/c14-9-5-11(15)13(12(16)6-9)10-4-2-1-3-8(10)7-17/h1-7H. The van der Waals surface area contributed by atoms with E-state index < -0.39 is 0 Å². The lowest BCUT2D eigenvalue weighted by molar-refractivity contribution is 0.112. The molecule has 0 fully saturated rings. The molecule has 0 spiro atoms. The van der Waals surface area contributed by atoms with Crippen LogP contribution in [-0.4, -0.2) is 6.29 Å². The van der Waals surface area contributed by atoms with Crippen LogP contribution in [0.2, 0.25) is 15.1 Å². The van der Waals surface area contributed by atoms with Crippen LogP contribution >= 0.6 is 34.8 Å². The van der Waals surface area contributed by atoms with E-state index in [1.165, 1.54) is 0 Å². The Morgan fingerprint density at radius 1 is 0.941 bits per heavy atom. The molecule has 2 rings (SSSR count). The maximum Gasteiger partial charge on any atom is 0.150 e. The number of benzene rings is 2. The van der Waals surface area contributed by atoms with Crippen molar-refractivity contribution in [2.45, 2.75) is 0 Å². The van der Waals surface area contributed by atoms with Crippen LogP contribution in [0.4, 0.5) is 0 Å². The minimum absolute atomic E-state index is 0.428. The Kier molecular flexibility index (Phi) is 3.72. The molecule has 1 nitrogen and oxygen atoms in total. The van der Waals surface area contributed by atoms with Gasteiger partial charge in [0.1, 0.15) is 0 Å². The van der Waals surface area contributed by atoms with Gasteiger partial charge in [0.05, 0.1) is 10.0 Å². The summed E-state index contributed by atoms with van der Waals surface area (Å²) >= 11 is 18.1. The molecule has 2 aromatic rings. The molecule has 17 heavy (non-hydrogen) atoms. The molecule has 0 N–H and O–H groups in total. The average Bonchev–Trinajstić information content (AvgIpc) is 2.28. The number of aldehydes is 1. The van der Waals surface area contributed by atoms with E-state index in [1.54, 1.807) is 30.3 Å².